The van der Waals surface area contributed by atoms with E-state index in [2.05, 4.69) is 135 Å². The van der Waals surface area contributed by atoms with Gasteiger partial charge in [0.2, 0.25) is 0 Å². The van der Waals surface area contributed by atoms with E-state index in [1.54, 1.807) is 0 Å². The standard InChI is InChI=1S/C32H26S.3CH3.Zr/c1-5-13-27-23(9-1)17-19-31(27)29-15-7-3-11-25(29)21-33-22-26-12-4-8-16-30(26)32-20-18-24-10-2-6-14-28(24)32;;;;/h1-20,31-32H,21-22H2;3*1H3;. The average molecular weight is 579 g/mol. The molecule has 0 amide bonds. The SMILES string of the molecule is C1=CC(c2ccccc2CSCc2ccccc2C2C=Cc3ccccc32)c2ccccc21.[CH3][Zr]([CH3])[CH3]. The van der Waals surface area contributed by atoms with E-state index in [9.17, 15) is 0 Å². The van der Waals surface area contributed by atoms with Crippen LogP contribution in [0.25, 0.3) is 12.2 Å². The molecule has 0 saturated carbocycles. The van der Waals surface area contributed by atoms with Gasteiger partial charge < -0.3 is 0 Å². The van der Waals surface area contributed by atoms with Crippen molar-refractivity contribution >= 4 is 23.9 Å². The molecule has 4 aromatic carbocycles. The summed E-state index contributed by atoms with van der Waals surface area (Å²) in [6.07, 6.45) is 9.25. The Morgan fingerprint density at radius 2 is 0.865 bits per heavy atom. The maximum atomic E-state index is 2.36. The van der Waals surface area contributed by atoms with E-state index < -0.39 is 21.8 Å². The second kappa shape index (κ2) is 12.4. The van der Waals surface area contributed by atoms with Crippen LogP contribution in [0, 0.1) is 0 Å². The molecule has 2 aliphatic carbocycles. The van der Waals surface area contributed by atoms with Crippen LogP contribution >= 0.6 is 11.8 Å². The molecule has 0 spiro atoms. The molecule has 0 radical (unpaired) electrons. The molecule has 2 atom stereocenters. The first-order chi connectivity index (χ1) is 18.1. The monoisotopic (exact) mass is 577 g/mol. The number of hydrogen-bond acceptors (Lipinski definition) is 1. The molecule has 0 heterocycles. The number of allylic oxidation sites excluding steroid dienone is 2. The molecular formula is C35H35SZr. The van der Waals surface area contributed by atoms with Crippen LogP contribution in [0.5, 0.6) is 0 Å². The Labute approximate surface area is 235 Å². The summed E-state index contributed by atoms with van der Waals surface area (Å²) in [4.78, 5) is 0. The first-order valence-corrected chi connectivity index (χ1v) is 21.7. The molecule has 0 aromatic heterocycles. The zero-order chi connectivity index (χ0) is 25.6. The number of hydrogen-bond donors (Lipinski definition) is 0. The first-order valence-electron chi connectivity index (χ1n) is 13.2. The van der Waals surface area contributed by atoms with E-state index in [0.717, 1.165) is 11.5 Å². The fraction of sp³-hybridized carbons (Fsp3) is 0.200. The Hall–Kier alpha value is -2.41. The van der Waals surface area contributed by atoms with Gasteiger partial charge in [-0.05, 0) is 44.5 Å². The van der Waals surface area contributed by atoms with Gasteiger partial charge in [-0.15, -0.1) is 0 Å². The van der Waals surface area contributed by atoms with Crippen molar-refractivity contribution in [3.63, 3.8) is 0 Å². The van der Waals surface area contributed by atoms with Crippen molar-refractivity contribution in [1.82, 2.24) is 0 Å². The fourth-order valence-corrected chi connectivity index (χ4v) is 6.32. The molecular weight excluding hydrogens is 544 g/mol. The minimum atomic E-state index is -0.543. The molecule has 2 aliphatic rings. The fourth-order valence-electron chi connectivity index (χ4n) is 5.25. The summed E-state index contributed by atoms with van der Waals surface area (Å²) in [5, 5.41) is 0. The minimum absolute atomic E-state index is 0.366. The summed E-state index contributed by atoms with van der Waals surface area (Å²) in [7, 11) is 0. The van der Waals surface area contributed by atoms with Crippen LogP contribution in [0.15, 0.2) is 109 Å². The van der Waals surface area contributed by atoms with Crippen molar-refractivity contribution < 1.29 is 21.8 Å². The number of thioether (sulfide) groups is 1. The third-order valence-corrected chi connectivity index (χ3v) is 7.92. The first kappa shape index (κ1) is 26.2. The molecule has 37 heavy (non-hydrogen) atoms. The molecule has 2 unspecified atom stereocenters. The van der Waals surface area contributed by atoms with E-state index in [-0.39, 0.29) is 0 Å². The van der Waals surface area contributed by atoms with Gasteiger partial charge in [0.25, 0.3) is 0 Å². The number of benzene rings is 4. The Bertz CT molecular complexity index is 1310. The number of fused-ring (bicyclic) bond motifs is 2. The molecule has 0 aliphatic heterocycles. The summed E-state index contributed by atoms with van der Waals surface area (Å²) >= 11 is 1.48. The van der Waals surface area contributed by atoms with Gasteiger partial charge in [-0.25, -0.2) is 0 Å². The van der Waals surface area contributed by atoms with Crippen LogP contribution in [-0.2, 0) is 33.3 Å². The van der Waals surface area contributed by atoms with Crippen molar-refractivity contribution in [2.75, 3.05) is 0 Å². The van der Waals surface area contributed by atoms with Gasteiger partial charge in [-0.1, -0.05) is 121 Å². The molecule has 4 aromatic rings. The van der Waals surface area contributed by atoms with Crippen LogP contribution in [0.1, 0.15) is 56.3 Å². The topological polar surface area (TPSA) is 0 Å². The molecule has 0 saturated heterocycles. The Kier molecular flexibility index (Phi) is 8.80. The van der Waals surface area contributed by atoms with Gasteiger partial charge >= 0.3 is 35.6 Å². The molecule has 185 valence electrons. The third-order valence-electron chi connectivity index (χ3n) is 6.89. The molecule has 0 fully saturated rings. The Morgan fingerprint density at radius 3 is 1.30 bits per heavy atom. The van der Waals surface area contributed by atoms with Gasteiger partial charge in [0.15, 0.2) is 0 Å². The predicted molar refractivity (Wildman–Crippen MR) is 160 cm³/mol. The average Bonchev–Trinajstić information content (AvgIpc) is 3.54. The second-order valence-electron chi connectivity index (χ2n) is 10.3. The van der Waals surface area contributed by atoms with Crippen molar-refractivity contribution in [3.05, 3.63) is 154 Å². The van der Waals surface area contributed by atoms with Gasteiger partial charge in [0.1, 0.15) is 0 Å². The van der Waals surface area contributed by atoms with E-state index in [4.69, 9.17) is 0 Å². The Balaban J connectivity index is 0.000000655. The second-order valence-corrected chi connectivity index (χ2v) is 18.7. The Morgan fingerprint density at radius 1 is 0.514 bits per heavy atom. The molecule has 2 heteroatoms. The van der Waals surface area contributed by atoms with E-state index in [1.165, 1.54) is 44.5 Å². The van der Waals surface area contributed by atoms with Crippen molar-refractivity contribution in [2.45, 2.75) is 37.2 Å². The zero-order valence-electron chi connectivity index (χ0n) is 22.0. The van der Waals surface area contributed by atoms with Gasteiger partial charge in [-0.2, -0.15) is 11.8 Å². The van der Waals surface area contributed by atoms with Crippen LogP contribution in [0.4, 0.5) is 0 Å². The van der Waals surface area contributed by atoms with Crippen LogP contribution in [-0.4, -0.2) is 0 Å². The van der Waals surface area contributed by atoms with Crippen LogP contribution in [0.3, 0.4) is 0 Å². The van der Waals surface area contributed by atoms with Gasteiger partial charge in [0.05, 0.1) is 0 Å². The van der Waals surface area contributed by atoms with Crippen molar-refractivity contribution in [3.8, 4) is 0 Å². The van der Waals surface area contributed by atoms with E-state index in [0.29, 0.717) is 11.8 Å². The van der Waals surface area contributed by atoms with Crippen LogP contribution < -0.4 is 0 Å². The van der Waals surface area contributed by atoms with Crippen LogP contribution in [0.2, 0.25) is 13.9 Å². The summed E-state index contributed by atoms with van der Waals surface area (Å²) in [5.74, 6) is 2.78. The van der Waals surface area contributed by atoms with E-state index in [1.807, 2.05) is 11.8 Å². The normalized spacial score (nSPS) is 16.6. The quantitative estimate of drug-likeness (QED) is 0.219. The zero-order valence-corrected chi connectivity index (χ0v) is 25.3. The predicted octanol–water partition coefficient (Wildman–Crippen LogP) is 10.2. The molecule has 6 rings (SSSR count). The maximum absolute atomic E-state index is 2.36. The van der Waals surface area contributed by atoms with Gasteiger partial charge in [0, 0.05) is 23.3 Å². The number of rotatable bonds is 6. The summed E-state index contributed by atoms with van der Waals surface area (Å²) in [6.45, 7) is 0. The summed E-state index contributed by atoms with van der Waals surface area (Å²) in [5.41, 5.74) is 11.3. The summed E-state index contributed by atoms with van der Waals surface area (Å²) < 4.78 is 7.09. The van der Waals surface area contributed by atoms with E-state index >= 15 is 0 Å². The van der Waals surface area contributed by atoms with Crippen molar-refractivity contribution in [2.24, 2.45) is 0 Å². The third kappa shape index (κ3) is 6.19. The summed E-state index contributed by atoms with van der Waals surface area (Å²) in [6, 6.07) is 35.5. The molecule has 0 N–H and O–H groups in total. The molecule has 0 bridgehead atoms. The van der Waals surface area contributed by atoms with Crippen molar-refractivity contribution in [1.29, 1.82) is 0 Å². The molecule has 0 nitrogen and oxygen atoms in total. The van der Waals surface area contributed by atoms with Gasteiger partial charge in [-0.3, -0.25) is 0 Å².